The van der Waals surface area contributed by atoms with Crippen LogP contribution in [-0.4, -0.2) is 21.8 Å². The lowest BCUT2D eigenvalue weighted by Gasteiger charge is -2.12. The Bertz CT molecular complexity index is 901. The Labute approximate surface area is 157 Å². The van der Waals surface area contributed by atoms with Crippen LogP contribution in [-0.2, 0) is 0 Å². The Morgan fingerprint density at radius 1 is 0.920 bits per heavy atom. The van der Waals surface area contributed by atoms with Crippen molar-refractivity contribution >= 4 is 45.9 Å². The number of nitrogens with zero attached hydrogens (tertiary/aromatic N) is 2. The maximum Gasteiger partial charge on any atom is 0.258 e. The Kier molecular flexibility index (Phi) is 5.34. The maximum absolute atomic E-state index is 12.6. The van der Waals surface area contributed by atoms with Crippen LogP contribution in [0.2, 0.25) is 0 Å². The second kappa shape index (κ2) is 7.84. The van der Waals surface area contributed by atoms with Gasteiger partial charge in [0.15, 0.2) is 0 Å². The van der Waals surface area contributed by atoms with Gasteiger partial charge in [0.2, 0.25) is 0 Å². The average molecular weight is 444 g/mol. The number of aromatic nitrogens is 2. The van der Waals surface area contributed by atoms with Crippen molar-refractivity contribution in [3.8, 4) is 0 Å². The van der Waals surface area contributed by atoms with Crippen LogP contribution in [0.15, 0.2) is 67.1 Å². The second-order valence-electron chi connectivity index (χ2n) is 5.05. The largest absolute Gasteiger partial charge is 0.321 e. The predicted molar refractivity (Wildman–Crippen MR) is 104 cm³/mol. The number of hydrogen-bond donors (Lipinski definition) is 2. The minimum absolute atomic E-state index is 0.332. The molecule has 0 aliphatic rings. The number of benzene rings is 1. The molecule has 2 heterocycles. The van der Waals surface area contributed by atoms with Gasteiger partial charge in [0.1, 0.15) is 5.82 Å². The summed E-state index contributed by atoms with van der Waals surface area (Å²) in [6.07, 6.45) is 4.65. The van der Waals surface area contributed by atoms with Gasteiger partial charge < -0.3 is 10.6 Å². The molecule has 124 valence electrons. The summed E-state index contributed by atoms with van der Waals surface area (Å²) in [5.41, 5.74) is 1.19. The van der Waals surface area contributed by atoms with E-state index < -0.39 is 0 Å². The quantitative estimate of drug-likeness (QED) is 0.603. The van der Waals surface area contributed by atoms with E-state index in [4.69, 9.17) is 0 Å². The number of anilines is 2. The number of hydrogen-bond acceptors (Lipinski definition) is 4. The average Bonchev–Trinajstić information content (AvgIpc) is 2.64. The van der Waals surface area contributed by atoms with E-state index >= 15 is 0 Å². The van der Waals surface area contributed by atoms with E-state index in [9.17, 15) is 9.59 Å². The SMILES string of the molecule is O=C(Nc1ccc(I)cc1C(=O)Nc1ccccn1)c1cccnc1. The summed E-state index contributed by atoms with van der Waals surface area (Å²) in [6, 6.07) is 13.8. The topological polar surface area (TPSA) is 84.0 Å². The molecule has 0 fully saturated rings. The van der Waals surface area contributed by atoms with Crippen molar-refractivity contribution in [2.45, 2.75) is 0 Å². The third-order valence-corrected chi connectivity index (χ3v) is 3.98. The maximum atomic E-state index is 12.6. The van der Waals surface area contributed by atoms with Gasteiger partial charge in [0, 0.05) is 22.2 Å². The van der Waals surface area contributed by atoms with Gasteiger partial charge in [-0.3, -0.25) is 14.6 Å². The molecule has 0 spiro atoms. The van der Waals surface area contributed by atoms with E-state index in [2.05, 4.69) is 43.2 Å². The molecule has 0 saturated heterocycles. The van der Waals surface area contributed by atoms with E-state index in [1.54, 1.807) is 54.9 Å². The van der Waals surface area contributed by atoms with Crippen LogP contribution in [0.4, 0.5) is 11.5 Å². The fourth-order valence-electron chi connectivity index (χ4n) is 2.13. The molecule has 3 aromatic rings. The first kappa shape index (κ1) is 17.0. The molecule has 0 bridgehead atoms. The number of amides is 2. The molecule has 0 atom stereocenters. The summed E-state index contributed by atoms with van der Waals surface area (Å²) in [4.78, 5) is 32.9. The Hall–Kier alpha value is -2.81. The highest BCUT2D eigenvalue weighted by Gasteiger charge is 2.15. The molecule has 3 rings (SSSR count). The van der Waals surface area contributed by atoms with Gasteiger partial charge in [0.25, 0.3) is 11.8 Å². The molecule has 0 aliphatic carbocycles. The minimum Gasteiger partial charge on any atom is -0.321 e. The van der Waals surface area contributed by atoms with E-state index in [0.29, 0.717) is 22.6 Å². The molecule has 0 aliphatic heterocycles. The van der Waals surface area contributed by atoms with E-state index in [0.717, 1.165) is 3.57 Å². The third kappa shape index (κ3) is 4.38. The van der Waals surface area contributed by atoms with E-state index in [1.807, 2.05) is 6.07 Å². The van der Waals surface area contributed by atoms with Gasteiger partial charge in [-0.2, -0.15) is 0 Å². The van der Waals surface area contributed by atoms with Gasteiger partial charge in [-0.1, -0.05) is 6.07 Å². The second-order valence-corrected chi connectivity index (χ2v) is 6.30. The summed E-state index contributed by atoms with van der Waals surface area (Å²) in [5.74, 6) is -0.240. The molecule has 0 radical (unpaired) electrons. The lowest BCUT2D eigenvalue weighted by atomic mass is 10.1. The molecular weight excluding hydrogens is 431 g/mol. The van der Waals surface area contributed by atoms with Crippen molar-refractivity contribution in [2.24, 2.45) is 0 Å². The van der Waals surface area contributed by atoms with Crippen molar-refractivity contribution in [1.82, 2.24) is 9.97 Å². The number of nitrogens with one attached hydrogen (secondary N) is 2. The first-order valence-corrected chi connectivity index (χ1v) is 8.44. The molecular formula is C18H13IN4O2. The first-order valence-electron chi connectivity index (χ1n) is 7.37. The standard InChI is InChI=1S/C18H13IN4O2/c19-13-6-7-15(22-17(24)12-4-3-8-20-11-12)14(10-13)18(25)23-16-5-1-2-9-21-16/h1-11H,(H,22,24)(H,21,23,25). The minimum atomic E-state index is -0.348. The highest BCUT2D eigenvalue weighted by molar-refractivity contribution is 14.1. The van der Waals surface area contributed by atoms with Crippen molar-refractivity contribution in [3.63, 3.8) is 0 Å². The molecule has 6 nitrogen and oxygen atoms in total. The highest BCUT2D eigenvalue weighted by Crippen LogP contribution is 2.21. The van der Waals surface area contributed by atoms with Crippen molar-refractivity contribution in [2.75, 3.05) is 10.6 Å². The number of carbonyl (C=O) groups is 2. The highest BCUT2D eigenvalue weighted by atomic mass is 127. The predicted octanol–water partition coefficient (Wildman–Crippen LogP) is 3.59. The zero-order chi connectivity index (χ0) is 17.6. The monoisotopic (exact) mass is 444 g/mol. The van der Waals surface area contributed by atoms with Gasteiger partial charge >= 0.3 is 0 Å². The molecule has 0 saturated carbocycles. The molecule has 25 heavy (non-hydrogen) atoms. The Morgan fingerprint density at radius 2 is 1.80 bits per heavy atom. The fourth-order valence-corrected chi connectivity index (χ4v) is 2.62. The molecule has 1 aromatic carbocycles. The van der Waals surface area contributed by atoms with E-state index in [-0.39, 0.29) is 11.8 Å². The molecule has 2 aromatic heterocycles. The normalized spacial score (nSPS) is 10.1. The van der Waals surface area contributed by atoms with Crippen LogP contribution in [0.5, 0.6) is 0 Å². The summed E-state index contributed by atoms with van der Waals surface area (Å²) < 4.78 is 0.878. The van der Waals surface area contributed by atoms with Crippen LogP contribution >= 0.6 is 22.6 Å². The molecule has 7 heteroatoms. The lowest BCUT2D eigenvalue weighted by Crippen LogP contribution is -2.19. The molecule has 2 N–H and O–H groups in total. The number of carbonyl (C=O) groups excluding carboxylic acids is 2. The summed E-state index contributed by atoms with van der Waals surface area (Å²) >= 11 is 2.11. The summed E-state index contributed by atoms with van der Waals surface area (Å²) in [6.45, 7) is 0. The van der Waals surface area contributed by atoms with Crippen LogP contribution in [0.25, 0.3) is 0 Å². The van der Waals surface area contributed by atoms with E-state index in [1.165, 1.54) is 6.20 Å². The number of rotatable bonds is 4. The zero-order valence-corrected chi connectivity index (χ0v) is 15.1. The fraction of sp³-hybridized carbons (Fsp3) is 0. The van der Waals surface area contributed by atoms with Crippen molar-refractivity contribution < 1.29 is 9.59 Å². The van der Waals surface area contributed by atoms with Gasteiger partial charge in [-0.15, -0.1) is 0 Å². The number of pyridine rings is 2. The Morgan fingerprint density at radius 3 is 2.52 bits per heavy atom. The van der Waals surface area contributed by atoms with Crippen LogP contribution in [0.1, 0.15) is 20.7 Å². The summed E-state index contributed by atoms with van der Waals surface area (Å²) in [5, 5.41) is 5.48. The number of halogens is 1. The smallest absolute Gasteiger partial charge is 0.258 e. The molecule has 0 unspecified atom stereocenters. The van der Waals surface area contributed by atoms with Gasteiger partial charge in [0.05, 0.1) is 16.8 Å². The lowest BCUT2D eigenvalue weighted by molar-refractivity contribution is 0.102. The summed E-state index contributed by atoms with van der Waals surface area (Å²) in [7, 11) is 0. The third-order valence-electron chi connectivity index (χ3n) is 3.30. The van der Waals surface area contributed by atoms with Crippen LogP contribution < -0.4 is 10.6 Å². The van der Waals surface area contributed by atoms with Gasteiger partial charge in [-0.25, -0.2) is 4.98 Å². The van der Waals surface area contributed by atoms with Gasteiger partial charge in [-0.05, 0) is 65.1 Å². The Balaban J connectivity index is 1.85. The first-order chi connectivity index (χ1) is 12.1. The molecule has 2 amide bonds. The van der Waals surface area contributed by atoms with Crippen LogP contribution in [0, 0.1) is 3.57 Å². The van der Waals surface area contributed by atoms with Crippen LogP contribution in [0.3, 0.4) is 0 Å². The van der Waals surface area contributed by atoms with Crippen molar-refractivity contribution in [1.29, 1.82) is 0 Å². The zero-order valence-electron chi connectivity index (χ0n) is 12.9. The van der Waals surface area contributed by atoms with Crippen molar-refractivity contribution in [3.05, 3.63) is 81.8 Å².